The number of pyridine rings is 1. The summed E-state index contributed by atoms with van der Waals surface area (Å²) in [6, 6.07) is 82.6. The van der Waals surface area contributed by atoms with Gasteiger partial charge in [0, 0.05) is 71.1 Å². The van der Waals surface area contributed by atoms with E-state index in [1.165, 1.54) is 0 Å². The van der Waals surface area contributed by atoms with Crippen LogP contribution in [0.4, 0.5) is 0 Å². The molecule has 0 bridgehead atoms. The minimum Gasteiger partial charge on any atom is -0.456 e. The van der Waals surface area contributed by atoms with Crippen LogP contribution in [0, 0.1) is 0 Å². The van der Waals surface area contributed by atoms with Gasteiger partial charge in [-0.1, -0.05) is 194 Å². The average Bonchev–Trinajstić information content (AvgIpc) is 4.01. The molecule has 4 heterocycles. The summed E-state index contributed by atoms with van der Waals surface area (Å²) < 4.78 is 13.1. The summed E-state index contributed by atoms with van der Waals surface area (Å²) in [6.07, 6.45) is 0. The van der Waals surface area contributed by atoms with E-state index in [0.717, 1.165) is 138 Å². The normalized spacial score (nSPS) is 11.7. The Morgan fingerprint density at radius 2 is 0.857 bits per heavy atom. The molecule has 0 atom stereocenters. The number of aromatic nitrogens is 3. The first-order valence-electron chi connectivity index (χ1n) is 23.6. The Bertz CT molecular complexity index is 4340. The molecular formula is C65H39N3O2. The molecule has 0 saturated heterocycles. The van der Waals surface area contributed by atoms with Gasteiger partial charge in [0.15, 0.2) is 5.82 Å². The molecule has 0 unspecified atom stereocenters. The van der Waals surface area contributed by atoms with Gasteiger partial charge in [0.2, 0.25) is 0 Å². The lowest BCUT2D eigenvalue weighted by Crippen LogP contribution is -1.96. The van der Waals surface area contributed by atoms with Gasteiger partial charge < -0.3 is 8.83 Å². The van der Waals surface area contributed by atoms with E-state index in [2.05, 4.69) is 194 Å². The van der Waals surface area contributed by atoms with Crippen molar-refractivity contribution < 1.29 is 8.83 Å². The van der Waals surface area contributed by atoms with Crippen molar-refractivity contribution in [1.82, 2.24) is 15.0 Å². The lowest BCUT2D eigenvalue weighted by Gasteiger charge is -2.16. The number of hydrogen-bond donors (Lipinski definition) is 0. The summed E-state index contributed by atoms with van der Waals surface area (Å²) in [4.78, 5) is 15.7. The minimum absolute atomic E-state index is 0.668. The fraction of sp³-hybridized carbons (Fsp3) is 0. The molecule has 0 saturated carbocycles. The summed E-state index contributed by atoms with van der Waals surface area (Å²) in [5.74, 6) is 0.668. The number of rotatable bonds is 7. The lowest BCUT2D eigenvalue weighted by molar-refractivity contribution is 0.669. The highest BCUT2D eigenvalue weighted by atomic mass is 16.3. The molecule has 0 radical (unpaired) electrons. The van der Waals surface area contributed by atoms with Crippen LogP contribution in [-0.2, 0) is 0 Å². The fourth-order valence-corrected chi connectivity index (χ4v) is 10.4. The molecule has 326 valence electrons. The maximum atomic E-state index is 6.68. The average molecular weight is 894 g/mol. The van der Waals surface area contributed by atoms with Crippen LogP contribution < -0.4 is 0 Å². The molecule has 70 heavy (non-hydrogen) atoms. The summed E-state index contributed by atoms with van der Waals surface area (Å²) in [7, 11) is 0. The van der Waals surface area contributed by atoms with Crippen LogP contribution in [-0.4, -0.2) is 15.0 Å². The summed E-state index contributed by atoms with van der Waals surface area (Å²) in [5.41, 5.74) is 17.5. The predicted molar refractivity (Wildman–Crippen MR) is 287 cm³/mol. The van der Waals surface area contributed by atoms with Crippen molar-refractivity contribution in [3.63, 3.8) is 0 Å². The largest absolute Gasteiger partial charge is 0.456 e. The van der Waals surface area contributed by atoms with Crippen molar-refractivity contribution in [2.24, 2.45) is 0 Å². The first kappa shape index (κ1) is 39.7. The van der Waals surface area contributed by atoms with Gasteiger partial charge in [-0.05, 0) is 64.7 Å². The van der Waals surface area contributed by atoms with Gasteiger partial charge in [-0.2, -0.15) is 0 Å². The molecule has 5 heteroatoms. The number of fused-ring (bicyclic) bond motifs is 9. The Balaban J connectivity index is 0.891. The van der Waals surface area contributed by atoms with E-state index in [1.807, 2.05) is 42.5 Å². The maximum Gasteiger partial charge on any atom is 0.160 e. The van der Waals surface area contributed by atoms with Crippen LogP contribution in [0.5, 0.6) is 0 Å². The highest BCUT2D eigenvalue weighted by Gasteiger charge is 2.22. The van der Waals surface area contributed by atoms with Gasteiger partial charge in [-0.3, -0.25) is 0 Å². The summed E-state index contributed by atoms with van der Waals surface area (Å²) in [6.45, 7) is 0. The highest BCUT2D eigenvalue weighted by Crippen LogP contribution is 2.47. The lowest BCUT2D eigenvalue weighted by atomic mass is 9.88. The number of hydrogen-bond acceptors (Lipinski definition) is 5. The number of para-hydroxylation sites is 4. The van der Waals surface area contributed by atoms with E-state index >= 15 is 0 Å². The zero-order chi connectivity index (χ0) is 46.1. The van der Waals surface area contributed by atoms with Gasteiger partial charge in [-0.25, -0.2) is 15.0 Å². The van der Waals surface area contributed by atoms with Crippen LogP contribution in [0.15, 0.2) is 245 Å². The molecule has 0 aliphatic rings. The first-order chi connectivity index (χ1) is 34.7. The molecule has 0 fully saturated rings. The van der Waals surface area contributed by atoms with Crippen LogP contribution in [0.2, 0.25) is 0 Å². The third kappa shape index (κ3) is 6.59. The quantitative estimate of drug-likeness (QED) is 0.149. The van der Waals surface area contributed by atoms with E-state index in [9.17, 15) is 0 Å². The van der Waals surface area contributed by atoms with Gasteiger partial charge >= 0.3 is 0 Å². The SMILES string of the molecule is c1ccc(-c2nc(-c3ccc(-c4cccc(-c5c6c(cc7c(-c8ccccc8)nc8ccccc8c57)oc5ccccc56)c4)cc3)cc(-c3cccc(-c4cccc5c4oc4ccccc45)c3)n2)cc1. The van der Waals surface area contributed by atoms with Gasteiger partial charge in [-0.15, -0.1) is 0 Å². The van der Waals surface area contributed by atoms with Crippen molar-refractivity contribution in [1.29, 1.82) is 0 Å². The molecule has 5 nitrogen and oxygen atoms in total. The van der Waals surface area contributed by atoms with Crippen molar-refractivity contribution in [3.05, 3.63) is 237 Å². The van der Waals surface area contributed by atoms with Crippen molar-refractivity contribution in [2.75, 3.05) is 0 Å². The van der Waals surface area contributed by atoms with E-state index in [4.69, 9.17) is 23.8 Å². The smallest absolute Gasteiger partial charge is 0.160 e. The summed E-state index contributed by atoms with van der Waals surface area (Å²) >= 11 is 0. The van der Waals surface area contributed by atoms with E-state index < -0.39 is 0 Å². The zero-order valence-electron chi connectivity index (χ0n) is 37.7. The molecule has 0 amide bonds. The van der Waals surface area contributed by atoms with Crippen molar-refractivity contribution in [2.45, 2.75) is 0 Å². The molecular weight excluding hydrogens is 855 g/mol. The van der Waals surface area contributed by atoms with Gasteiger partial charge in [0.1, 0.15) is 22.3 Å². The van der Waals surface area contributed by atoms with Crippen molar-refractivity contribution >= 4 is 65.6 Å². The van der Waals surface area contributed by atoms with Crippen LogP contribution in [0.3, 0.4) is 0 Å². The minimum atomic E-state index is 0.668. The number of benzene rings is 10. The van der Waals surface area contributed by atoms with Crippen LogP contribution in [0.25, 0.3) is 144 Å². The van der Waals surface area contributed by atoms with Crippen LogP contribution in [0.1, 0.15) is 0 Å². The molecule has 0 aliphatic carbocycles. The maximum absolute atomic E-state index is 6.68. The van der Waals surface area contributed by atoms with Gasteiger partial charge in [0.25, 0.3) is 0 Å². The van der Waals surface area contributed by atoms with Crippen molar-refractivity contribution in [3.8, 4) is 78.5 Å². The molecule has 14 aromatic rings. The monoisotopic (exact) mass is 893 g/mol. The van der Waals surface area contributed by atoms with E-state index in [1.54, 1.807) is 0 Å². The van der Waals surface area contributed by atoms with E-state index in [-0.39, 0.29) is 0 Å². The topological polar surface area (TPSA) is 65.0 Å². The molecule has 0 N–H and O–H groups in total. The third-order valence-electron chi connectivity index (χ3n) is 13.7. The molecule has 14 rings (SSSR count). The number of furan rings is 2. The Morgan fingerprint density at radius 1 is 0.286 bits per heavy atom. The zero-order valence-corrected chi connectivity index (χ0v) is 37.7. The standard InChI is InChI=1S/C65H39N3O2/c1-3-16-42(17-4-1)63-53-38-59-62(52-26-9-12-31-58(52)69-59)60(61(53)51-25-7-10-29-54(51)66-63)47-23-13-20-44(36-47)40-32-34-41(35-33-40)55-39-56(68-65(67-55)43-18-5-2-6-19-43)46-22-14-21-45(37-46)48-27-15-28-50-49-24-8-11-30-57(49)70-64(48)50/h1-39H. The summed E-state index contributed by atoms with van der Waals surface area (Å²) in [5, 5.41) is 7.70. The second-order valence-corrected chi connectivity index (χ2v) is 17.8. The molecule has 0 spiro atoms. The van der Waals surface area contributed by atoms with E-state index in [0.29, 0.717) is 5.82 Å². The second kappa shape index (κ2) is 16.1. The van der Waals surface area contributed by atoms with Crippen LogP contribution >= 0.6 is 0 Å². The molecule has 0 aliphatic heterocycles. The third-order valence-corrected chi connectivity index (χ3v) is 13.7. The molecule has 4 aromatic heterocycles. The fourth-order valence-electron chi connectivity index (χ4n) is 10.4. The predicted octanol–water partition coefficient (Wildman–Crippen LogP) is 17.6. The second-order valence-electron chi connectivity index (χ2n) is 17.8. The Labute approximate surface area is 402 Å². The Kier molecular flexibility index (Phi) is 9.14. The Morgan fingerprint density at radius 3 is 1.66 bits per heavy atom. The highest BCUT2D eigenvalue weighted by molar-refractivity contribution is 6.28. The van der Waals surface area contributed by atoms with Gasteiger partial charge in [0.05, 0.1) is 22.6 Å². The Hall–Kier alpha value is -9.45. The first-order valence-corrected chi connectivity index (χ1v) is 23.6. The number of nitrogens with zero attached hydrogens (tertiary/aromatic N) is 3. The molecule has 10 aromatic carbocycles.